The molecule has 12 aromatic rings. The topological polar surface area (TPSA) is 0 Å². The lowest BCUT2D eigenvalue weighted by Gasteiger charge is -2.34. The molecule has 0 nitrogen and oxygen atoms in total. The summed E-state index contributed by atoms with van der Waals surface area (Å²) in [5, 5.41) is 10.4. The highest BCUT2D eigenvalue weighted by atomic mass is 14.5. The Bertz CT molecular complexity index is 4220. The van der Waals surface area contributed by atoms with Crippen molar-refractivity contribution in [3.05, 3.63) is 286 Å². The molecule has 0 radical (unpaired) electrons. The van der Waals surface area contributed by atoms with E-state index in [4.69, 9.17) is 0 Å². The van der Waals surface area contributed by atoms with Crippen molar-refractivity contribution in [3.8, 4) is 44.5 Å². The number of fused-ring (bicyclic) bond motifs is 13. The number of aryl methyl sites for hydroxylation is 3. The minimum Gasteiger partial charge on any atom is -0.0619 e. The Morgan fingerprint density at radius 1 is 0.319 bits per heavy atom. The van der Waals surface area contributed by atoms with Crippen molar-refractivity contribution in [1.29, 1.82) is 0 Å². The van der Waals surface area contributed by atoms with Crippen molar-refractivity contribution in [2.24, 2.45) is 0 Å². The zero-order valence-electron chi connectivity index (χ0n) is 41.6. The Morgan fingerprint density at radius 3 is 1.60 bits per heavy atom. The van der Waals surface area contributed by atoms with E-state index in [1.54, 1.807) is 0 Å². The normalized spacial score (nSPS) is 15.2. The first kappa shape index (κ1) is 42.5. The van der Waals surface area contributed by atoms with Gasteiger partial charge >= 0.3 is 0 Å². The Hall–Kier alpha value is -8.32. The minimum absolute atomic E-state index is 0.186. The molecular weight excluding hydrogens is 865 g/mol. The molecule has 0 saturated heterocycles. The predicted molar refractivity (Wildman–Crippen MR) is 306 cm³/mol. The lowest BCUT2D eigenvalue weighted by Crippen LogP contribution is -2.28. The second kappa shape index (κ2) is 15.8. The van der Waals surface area contributed by atoms with E-state index in [9.17, 15) is 0 Å². The van der Waals surface area contributed by atoms with E-state index < -0.39 is 5.41 Å². The minimum atomic E-state index is -0.500. The van der Waals surface area contributed by atoms with Crippen LogP contribution in [-0.4, -0.2) is 0 Å². The third-order valence-electron chi connectivity index (χ3n) is 16.7. The van der Waals surface area contributed by atoms with Crippen LogP contribution in [0, 0.1) is 20.8 Å². The first-order valence-corrected chi connectivity index (χ1v) is 25.7. The third-order valence-corrected chi connectivity index (χ3v) is 16.7. The highest BCUT2D eigenvalue weighted by Crippen LogP contribution is 2.59. The van der Waals surface area contributed by atoms with Gasteiger partial charge in [-0.15, -0.1) is 0 Å². The van der Waals surface area contributed by atoms with E-state index in [1.807, 2.05) is 0 Å². The van der Waals surface area contributed by atoms with Crippen LogP contribution in [0.3, 0.4) is 0 Å². The van der Waals surface area contributed by atoms with Gasteiger partial charge in [-0.25, -0.2) is 0 Å². The van der Waals surface area contributed by atoms with Crippen LogP contribution >= 0.6 is 0 Å². The fourth-order valence-electron chi connectivity index (χ4n) is 13.2. The van der Waals surface area contributed by atoms with E-state index in [2.05, 4.69) is 259 Å². The standard InChI is InChI=1S/C72H54/c1-44-19-31-56(32-20-44)72(65-15-9-8-13-62(65)68-58(14-10-16-66(68)72)55-29-28-50-38-46(3)18-25-52(50)42-55)57-33-21-47(22-34-57)39-48-23-35-60-59-11-6-7-12-61(59)70-69(64(60)40-48)63-36-30-54(43-67(63)71(70,4)5)53-27-26-49-37-45(2)17-24-51(49)41-53/h6-38,40-43H,39H2,1-5H3. The highest BCUT2D eigenvalue weighted by Gasteiger charge is 2.47. The van der Waals surface area contributed by atoms with Gasteiger partial charge in [-0.2, -0.15) is 0 Å². The fourth-order valence-corrected chi connectivity index (χ4v) is 13.2. The zero-order chi connectivity index (χ0) is 48.5. The maximum absolute atomic E-state index is 2.51. The molecule has 2 aliphatic carbocycles. The second-order valence-electron chi connectivity index (χ2n) is 21.5. The number of hydrogen-bond acceptors (Lipinski definition) is 0. The molecule has 0 aliphatic heterocycles. The quantitative estimate of drug-likeness (QED) is 0.146. The highest BCUT2D eigenvalue weighted by molar-refractivity contribution is 6.18. The molecule has 14 rings (SSSR count). The Morgan fingerprint density at radius 2 is 0.847 bits per heavy atom. The molecule has 0 N–H and O–H groups in total. The molecule has 0 amide bonds. The largest absolute Gasteiger partial charge is 0.0713 e. The smallest absolute Gasteiger partial charge is 0.0619 e. The van der Waals surface area contributed by atoms with Gasteiger partial charge in [-0.1, -0.05) is 237 Å². The van der Waals surface area contributed by atoms with Crippen LogP contribution in [0.2, 0.25) is 0 Å². The van der Waals surface area contributed by atoms with Gasteiger partial charge in [-0.05, 0) is 177 Å². The summed E-state index contributed by atoms with van der Waals surface area (Å²) in [6.45, 7) is 11.4. The van der Waals surface area contributed by atoms with Gasteiger partial charge < -0.3 is 0 Å². The first-order chi connectivity index (χ1) is 35.1. The van der Waals surface area contributed by atoms with Crippen LogP contribution in [-0.2, 0) is 17.3 Å². The van der Waals surface area contributed by atoms with E-state index in [1.165, 1.54) is 149 Å². The molecule has 12 aromatic carbocycles. The summed E-state index contributed by atoms with van der Waals surface area (Å²) in [5.41, 5.74) is 24.3. The molecule has 0 aromatic heterocycles. The third kappa shape index (κ3) is 6.31. The Labute approximate surface area is 422 Å². The van der Waals surface area contributed by atoms with E-state index in [0.29, 0.717) is 0 Å². The number of rotatable bonds is 6. The maximum Gasteiger partial charge on any atom is 0.0713 e. The van der Waals surface area contributed by atoms with Crippen LogP contribution in [0.25, 0.3) is 87.6 Å². The number of benzene rings is 12. The lowest BCUT2D eigenvalue weighted by molar-refractivity contribution is 0.667. The summed E-state index contributed by atoms with van der Waals surface area (Å²) in [7, 11) is 0. The van der Waals surface area contributed by atoms with Crippen molar-refractivity contribution in [1.82, 2.24) is 0 Å². The van der Waals surface area contributed by atoms with Gasteiger partial charge in [-0.3, -0.25) is 0 Å². The first-order valence-electron chi connectivity index (χ1n) is 25.7. The lowest BCUT2D eigenvalue weighted by atomic mass is 9.67. The second-order valence-corrected chi connectivity index (χ2v) is 21.5. The monoisotopic (exact) mass is 918 g/mol. The van der Waals surface area contributed by atoms with Gasteiger partial charge in [0.25, 0.3) is 0 Å². The molecule has 0 spiro atoms. The van der Waals surface area contributed by atoms with Gasteiger partial charge in [0.15, 0.2) is 0 Å². The van der Waals surface area contributed by atoms with Crippen LogP contribution in [0.1, 0.15) is 75.0 Å². The van der Waals surface area contributed by atoms with Crippen LogP contribution in [0.15, 0.2) is 224 Å². The summed E-state index contributed by atoms with van der Waals surface area (Å²) in [4.78, 5) is 0. The summed E-state index contributed by atoms with van der Waals surface area (Å²) in [5.74, 6) is 0. The molecule has 1 atom stereocenters. The van der Waals surface area contributed by atoms with E-state index >= 15 is 0 Å². The molecular formula is C72H54. The predicted octanol–water partition coefficient (Wildman–Crippen LogP) is 18.8. The molecule has 0 fully saturated rings. The molecule has 0 bridgehead atoms. The van der Waals surface area contributed by atoms with E-state index in [0.717, 1.165) is 6.42 Å². The van der Waals surface area contributed by atoms with Crippen LogP contribution in [0.4, 0.5) is 0 Å². The molecule has 342 valence electrons. The average molecular weight is 919 g/mol. The van der Waals surface area contributed by atoms with Gasteiger partial charge in [0.1, 0.15) is 0 Å². The van der Waals surface area contributed by atoms with Gasteiger partial charge in [0, 0.05) is 5.41 Å². The van der Waals surface area contributed by atoms with Gasteiger partial charge in [0.05, 0.1) is 5.41 Å². The molecule has 0 heterocycles. The number of hydrogen-bond donors (Lipinski definition) is 0. The molecule has 1 unspecified atom stereocenters. The SMILES string of the molecule is Cc1ccc(C2(c3ccc(Cc4ccc5c(c4)c4c(c6ccccc65)C(C)(C)c5cc(-c6ccc7cc(C)ccc7c6)ccc5-4)cc3)c3ccccc3-c3c(-c4ccc5cc(C)ccc5c4)cccc32)cc1. The molecule has 2 aliphatic rings. The van der Waals surface area contributed by atoms with Crippen molar-refractivity contribution in [2.45, 2.75) is 51.9 Å². The van der Waals surface area contributed by atoms with Crippen molar-refractivity contribution in [3.63, 3.8) is 0 Å². The Balaban J connectivity index is 0.881. The van der Waals surface area contributed by atoms with Gasteiger partial charge in [0.2, 0.25) is 0 Å². The summed E-state index contributed by atoms with van der Waals surface area (Å²) >= 11 is 0. The van der Waals surface area contributed by atoms with Crippen molar-refractivity contribution in [2.75, 3.05) is 0 Å². The summed E-state index contributed by atoms with van der Waals surface area (Å²) in [6.07, 6.45) is 0.838. The van der Waals surface area contributed by atoms with E-state index in [-0.39, 0.29) is 5.41 Å². The van der Waals surface area contributed by atoms with Crippen LogP contribution < -0.4 is 0 Å². The summed E-state index contributed by atoms with van der Waals surface area (Å²) < 4.78 is 0. The van der Waals surface area contributed by atoms with Crippen molar-refractivity contribution < 1.29 is 0 Å². The maximum atomic E-state index is 2.51. The molecule has 72 heavy (non-hydrogen) atoms. The molecule has 0 heteroatoms. The van der Waals surface area contributed by atoms with Crippen molar-refractivity contribution >= 4 is 43.1 Å². The van der Waals surface area contributed by atoms with Crippen LogP contribution in [0.5, 0.6) is 0 Å². The zero-order valence-corrected chi connectivity index (χ0v) is 41.6. The average Bonchev–Trinajstić information content (AvgIpc) is 3.85. The Kier molecular flexibility index (Phi) is 9.36. The fraction of sp³-hybridized carbons (Fsp3) is 0.111. The molecule has 0 saturated carbocycles. The summed E-state index contributed by atoms with van der Waals surface area (Å²) in [6, 6.07) is 86.1.